The van der Waals surface area contributed by atoms with Crippen molar-refractivity contribution in [3.8, 4) is 0 Å². The third-order valence-corrected chi connectivity index (χ3v) is 2.39. The van der Waals surface area contributed by atoms with Gasteiger partial charge in [-0.2, -0.15) is 0 Å². The molecule has 0 atom stereocenters. The summed E-state index contributed by atoms with van der Waals surface area (Å²) in [6.07, 6.45) is -0.591. The number of hydrogen-bond donors (Lipinski definition) is 0. The van der Waals surface area contributed by atoms with Crippen molar-refractivity contribution in [2.24, 2.45) is 0 Å². The second-order valence-corrected chi connectivity index (χ2v) is 3.55. The number of benzene rings is 1. The molecule has 0 bridgehead atoms. The van der Waals surface area contributed by atoms with Gasteiger partial charge < -0.3 is 0 Å². The highest BCUT2D eigenvalue weighted by Crippen LogP contribution is 2.22. The van der Waals surface area contributed by atoms with E-state index in [2.05, 4.69) is 0 Å². The highest BCUT2D eigenvalue weighted by atomic mass is 35.5. The molecule has 0 radical (unpaired) electrons. The van der Waals surface area contributed by atoms with Crippen molar-refractivity contribution in [3.05, 3.63) is 34.9 Å². The van der Waals surface area contributed by atoms with Crippen molar-refractivity contribution in [3.63, 3.8) is 0 Å². The van der Waals surface area contributed by atoms with Gasteiger partial charge in [0.25, 0.3) is 6.43 Å². The van der Waals surface area contributed by atoms with E-state index in [1.54, 1.807) is 0 Å². The monoisotopic (exact) mass is 232 g/mol. The van der Waals surface area contributed by atoms with Crippen molar-refractivity contribution in [1.29, 1.82) is 0 Å². The summed E-state index contributed by atoms with van der Waals surface area (Å²) < 4.78 is 24.8. The van der Waals surface area contributed by atoms with Gasteiger partial charge >= 0.3 is 0 Å². The summed E-state index contributed by atoms with van der Waals surface area (Å²) in [5, 5.41) is 0. The molecule has 0 N–H and O–H groups in total. The molecule has 0 aliphatic rings. The van der Waals surface area contributed by atoms with Gasteiger partial charge in [0, 0.05) is 17.0 Å². The van der Waals surface area contributed by atoms with E-state index in [1.165, 1.54) is 18.2 Å². The van der Waals surface area contributed by atoms with E-state index in [4.69, 9.17) is 11.6 Å². The maximum Gasteiger partial charge on any atom is 0.263 e. The zero-order valence-corrected chi connectivity index (χ0v) is 8.81. The van der Waals surface area contributed by atoms with Crippen LogP contribution in [0.3, 0.4) is 0 Å². The molecule has 0 saturated heterocycles. The van der Waals surface area contributed by atoms with E-state index in [0.29, 0.717) is 36.1 Å². The summed E-state index contributed by atoms with van der Waals surface area (Å²) in [7, 11) is 0. The third kappa shape index (κ3) is 3.27. The lowest BCUT2D eigenvalue weighted by molar-refractivity contribution is 0.112. The molecule has 0 amide bonds. The average molecular weight is 233 g/mol. The summed E-state index contributed by atoms with van der Waals surface area (Å²) in [5.74, 6) is 0.456. The summed E-state index contributed by atoms with van der Waals surface area (Å²) in [6.45, 7) is 0. The molecule has 0 fully saturated rings. The minimum atomic E-state index is -2.50. The maximum atomic E-state index is 12.4. The molecule has 0 unspecified atom stereocenters. The number of carbonyl (C=O) groups is 1. The highest BCUT2D eigenvalue weighted by molar-refractivity contribution is 6.17. The van der Waals surface area contributed by atoms with Crippen LogP contribution < -0.4 is 0 Å². The van der Waals surface area contributed by atoms with Crippen molar-refractivity contribution in [2.45, 2.75) is 19.3 Å². The van der Waals surface area contributed by atoms with Crippen LogP contribution in [0.5, 0.6) is 0 Å². The van der Waals surface area contributed by atoms with Crippen LogP contribution in [0, 0.1) is 0 Å². The lowest BCUT2D eigenvalue weighted by Crippen LogP contribution is -1.96. The lowest BCUT2D eigenvalue weighted by atomic mass is 10.0. The number of carbonyl (C=O) groups excluding carboxylic acids is 1. The predicted molar refractivity (Wildman–Crippen MR) is 55.8 cm³/mol. The van der Waals surface area contributed by atoms with E-state index in [9.17, 15) is 13.6 Å². The van der Waals surface area contributed by atoms with Crippen molar-refractivity contribution in [1.82, 2.24) is 0 Å². The zero-order chi connectivity index (χ0) is 11.3. The molecule has 4 heteroatoms. The fourth-order valence-corrected chi connectivity index (χ4v) is 1.48. The molecule has 1 aromatic carbocycles. The van der Waals surface area contributed by atoms with Gasteiger partial charge in [-0.1, -0.05) is 12.1 Å². The van der Waals surface area contributed by atoms with Crippen LogP contribution in [-0.4, -0.2) is 12.2 Å². The van der Waals surface area contributed by atoms with Crippen LogP contribution in [0.15, 0.2) is 18.2 Å². The Hall–Kier alpha value is -0.960. The van der Waals surface area contributed by atoms with Crippen LogP contribution in [0.1, 0.15) is 34.3 Å². The topological polar surface area (TPSA) is 17.1 Å². The van der Waals surface area contributed by atoms with Crippen LogP contribution in [0.25, 0.3) is 0 Å². The Kier molecular flexibility index (Phi) is 4.69. The molecular formula is C11H11ClF2O. The summed E-state index contributed by atoms with van der Waals surface area (Å²) in [4.78, 5) is 10.7. The van der Waals surface area contributed by atoms with E-state index in [-0.39, 0.29) is 5.56 Å². The van der Waals surface area contributed by atoms with Gasteiger partial charge in [0.15, 0.2) is 0 Å². The van der Waals surface area contributed by atoms with Gasteiger partial charge in [-0.3, -0.25) is 4.79 Å². The zero-order valence-electron chi connectivity index (χ0n) is 8.05. The van der Waals surface area contributed by atoms with Gasteiger partial charge in [0.1, 0.15) is 6.29 Å². The largest absolute Gasteiger partial charge is 0.298 e. The second kappa shape index (κ2) is 5.81. The van der Waals surface area contributed by atoms with Gasteiger partial charge in [0.05, 0.1) is 0 Å². The second-order valence-electron chi connectivity index (χ2n) is 3.17. The van der Waals surface area contributed by atoms with Crippen LogP contribution in [0.2, 0.25) is 0 Å². The minimum Gasteiger partial charge on any atom is -0.298 e. The number of halogens is 3. The molecule has 0 aliphatic heterocycles. The molecule has 15 heavy (non-hydrogen) atoms. The Labute approximate surface area is 92.1 Å². The van der Waals surface area contributed by atoms with Gasteiger partial charge in [-0.05, 0) is 24.5 Å². The Balaban J connectivity index is 2.96. The number of hydrogen-bond acceptors (Lipinski definition) is 1. The van der Waals surface area contributed by atoms with Crippen LogP contribution in [-0.2, 0) is 6.42 Å². The van der Waals surface area contributed by atoms with Crippen molar-refractivity contribution >= 4 is 17.9 Å². The standard InChI is InChI=1S/C11H11ClF2O/c12-5-1-2-8-6-9(11(13)14)3-4-10(8)7-15/h3-4,6-7,11H,1-2,5H2. The molecule has 82 valence electrons. The van der Waals surface area contributed by atoms with Crippen molar-refractivity contribution < 1.29 is 13.6 Å². The Morgan fingerprint density at radius 1 is 1.40 bits per heavy atom. The van der Waals surface area contributed by atoms with E-state index >= 15 is 0 Å². The van der Waals surface area contributed by atoms with Gasteiger partial charge in [-0.15, -0.1) is 11.6 Å². The summed E-state index contributed by atoms with van der Waals surface area (Å²) >= 11 is 5.51. The first-order valence-corrected chi connectivity index (χ1v) is 5.14. The molecular weight excluding hydrogens is 222 g/mol. The predicted octanol–water partition coefficient (Wildman–Crippen LogP) is 3.61. The third-order valence-electron chi connectivity index (χ3n) is 2.13. The number of aldehydes is 1. The Morgan fingerprint density at radius 3 is 2.67 bits per heavy atom. The smallest absolute Gasteiger partial charge is 0.263 e. The normalized spacial score (nSPS) is 10.7. The van der Waals surface area contributed by atoms with E-state index < -0.39 is 6.43 Å². The molecule has 1 rings (SSSR count). The molecule has 0 saturated carbocycles. The number of alkyl halides is 3. The van der Waals surface area contributed by atoms with Crippen LogP contribution >= 0.6 is 11.6 Å². The van der Waals surface area contributed by atoms with E-state index in [0.717, 1.165) is 0 Å². The maximum absolute atomic E-state index is 12.4. The first-order valence-electron chi connectivity index (χ1n) is 4.61. The first kappa shape index (κ1) is 12.1. The van der Waals surface area contributed by atoms with Crippen LogP contribution in [0.4, 0.5) is 8.78 Å². The minimum absolute atomic E-state index is 0.0508. The lowest BCUT2D eigenvalue weighted by Gasteiger charge is -2.06. The summed E-state index contributed by atoms with van der Waals surface area (Å²) in [5.41, 5.74) is 1.05. The quantitative estimate of drug-likeness (QED) is 0.560. The average Bonchev–Trinajstić information content (AvgIpc) is 2.25. The molecule has 0 spiro atoms. The first-order chi connectivity index (χ1) is 7.19. The molecule has 0 aliphatic carbocycles. The Bertz CT molecular complexity index is 339. The molecule has 1 aromatic rings. The van der Waals surface area contributed by atoms with Crippen molar-refractivity contribution in [2.75, 3.05) is 5.88 Å². The van der Waals surface area contributed by atoms with Gasteiger partial charge in [0.2, 0.25) is 0 Å². The SMILES string of the molecule is O=Cc1ccc(C(F)F)cc1CCCCl. The number of aryl methyl sites for hydroxylation is 1. The molecule has 0 heterocycles. The molecule has 1 nitrogen and oxygen atoms in total. The highest BCUT2D eigenvalue weighted by Gasteiger charge is 2.10. The van der Waals surface area contributed by atoms with Gasteiger partial charge in [-0.25, -0.2) is 8.78 Å². The fraction of sp³-hybridized carbons (Fsp3) is 0.364. The fourth-order valence-electron chi connectivity index (χ4n) is 1.35. The number of rotatable bonds is 5. The van der Waals surface area contributed by atoms with E-state index in [1.807, 2.05) is 0 Å². The summed E-state index contributed by atoms with van der Waals surface area (Å²) in [6, 6.07) is 4.08. The Morgan fingerprint density at radius 2 is 2.13 bits per heavy atom. The molecule has 0 aromatic heterocycles.